The molecule has 0 amide bonds. The highest BCUT2D eigenvalue weighted by molar-refractivity contribution is 6.29. The maximum absolute atomic E-state index is 5.86. The van der Waals surface area contributed by atoms with E-state index in [9.17, 15) is 0 Å². The third-order valence-corrected chi connectivity index (χ3v) is 3.03. The van der Waals surface area contributed by atoms with Crippen LogP contribution >= 0.6 is 11.6 Å². The van der Waals surface area contributed by atoms with Crippen molar-refractivity contribution in [1.82, 2.24) is 24.7 Å². The van der Waals surface area contributed by atoms with Gasteiger partial charge >= 0.3 is 0 Å². The summed E-state index contributed by atoms with van der Waals surface area (Å²) in [4.78, 5) is 12.0. The zero-order valence-corrected chi connectivity index (χ0v) is 12.3. The third kappa shape index (κ3) is 2.77. The van der Waals surface area contributed by atoms with Gasteiger partial charge in [-0.25, -0.2) is 9.97 Å². The summed E-state index contributed by atoms with van der Waals surface area (Å²) in [5.74, 6) is 1.59. The average molecular weight is 318 g/mol. The molecular formula is C13H12ClN7O. The Morgan fingerprint density at radius 3 is 2.86 bits per heavy atom. The Labute approximate surface area is 130 Å². The minimum atomic E-state index is 0.173. The lowest BCUT2D eigenvalue weighted by molar-refractivity contribution is 0.417. The summed E-state index contributed by atoms with van der Waals surface area (Å²) in [6.07, 6.45) is 1.33. The average Bonchev–Trinajstić information content (AvgIpc) is 2.88. The number of rotatable bonds is 4. The molecule has 0 bridgehead atoms. The van der Waals surface area contributed by atoms with Crippen molar-refractivity contribution in [3.63, 3.8) is 0 Å². The monoisotopic (exact) mass is 317 g/mol. The van der Waals surface area contributed by atoms with Crippen molar-refractivity contribution in [1.29, 1.82) is 0 Å². The smallest absolute Gasteiger partial charge is 0.249 e. The molecule has 22 heavy (non-hydrogen) atoms. The van der Waals surface area contributed by atoms with Gasteiger partial charge in [0.05, 0.1) is 12.8 Å². The van der Waals surface area contributed by atoms with Crippen LogP contribution in [0.3, 0.4) is 0 Å². The molecule has 0 saturated heterocycles. The summed E-state index contributed by atoms with van der Waals surface area (Å²) >= 11 is 5.84. The van der Waals surface area contributed by atoms with Crippen molar-refractivity contribution in [3.8, 4) is 11.6 Å². The van der Waals surface area contributed by atoms with Crippen LogP contribution in [0.5, 0.6) is 5.75 Å². The topological polar surface area (TPSA) is 104 Å². The Hall–Kier alpha value is -2.87. The Balaban J connectivity index is 1.92. The number of ether oxygens (including phenoxy) is 1. The fourth-order valence-electron chi connectivity index (χ4n) is 1.85. The molecule has 0 aliphatic rings. The van der Waals surface area contributed by atoms with Gasteiger partial charge in [0, 0.05) is 6.07 Å². The zero-order chi connectivity index (χ0) is 15.5. The molecule has 9 heteroatoms. The van der Waals surface area contributed by atoms with E-state index in [1.807, 2.05) is 24.3 Å². The van der Waals surface area contributed by atoms with E-state index in [2.05, 4.69) is 25.4 Å². The van der Waals surface area contributed by atoms with Crippen LogP contribution in [0.15, 0.2) is 36.7 Å². The van der Waals surface area contributed by atoms with E-state index in [4.69, 9.17) is 22.1 Å². The Kier molecular flexibility index (Phi) is 3.75. The number of nitrogen functional groups attached to an aromatic ring is 1. The van der Waals surface area contributed by atoms with Gasteiger partial charge in [-0.05, 0) is 12.1 Å². The number of aromatic nitrogens is 5. The molecule has 112 valence electrons. The fraction of sp³-hybridized carbons (Fsp3) is 0.0769. The highest BCUT2D eigenvalue weighted by Crippen LogP contribution is 2.26. The normalized spacial score (nSPS) is 10.5. The minimum absolute atomic E-state index is 0.173. The summed E-state index contributed by atoms with van der Waals surface area (Å²) in [7, 11) is 1.59. The summed E-state index contributed by atoms with van der Waals surface area (Å²) < 4.78 is 6.63. The van der Waals surface area contributed by atoms with Crippen LogP contribution in [0.25, 0.3) is 5.82 Å². The van der Waals surface area contributed by atoms with Crippen LogP contribution in [0.2, 0.25) is 5.15 Å². The van der Waals surface area contributed by atoms with Crippen molar-refractivity contribution in [2.45, 2.75) is 0 Å². The molecule has 8 nitrogen and oxygen atoms in total. The molecule has 0 saturated carbocycles. The van der Waals surface area contributed by atoms with Gasteiger partial charge in [-0.1, -0.05) is 23.7 Å². The molecule has 3 N–H and O–H groups in total. The molecule has 2 heterocycles. The predicted molar refractivity (Wildman–Crippen MR) is 82.6 cm³/mol. The summed E-state index contributed by atoms with van der Waals surface area (Å²) in [6, 6.07) is 8.95. The summed E-state index contributed by atoms with van der Waals surface area (Å²) in [5.41, 5.74) is 6.59. The number of anilines is 3. The van der Waals surface area contributed by atoms with Crippen molar-refractivity contribution in [2.75, 3.05) is 18.2 Å². The van der Waals surface area contributed by atoms with E-state index in [-0.39, 0.29) is 5.95 Å². The number of methoxy groups -OCH3 is 1. The number of nitrogens with one attached hydrogen (secondary N) is 1. The van der Waals surface area contributed by atoms with Gasteiger partial charge in [0.2, 0.25) is 11.9 Å². The summed E-state index contributed by atoms with van der Waals surface area (Å²) in [5, 5.41) is 7.59. The molecular weight excluding hydrogens is 306 g/mol. The van der Waals surface area contributed by atoms with Crippen molar-refractivity contribution < 1.29 is 4.74 Å². The van der Waals surface area contributed by atoms with Crippen LogP contribution in [0.1, 0.15) is 0 Å². The number of hydrogen-bond acceptors (Lipinski definition) is 7. The van der Waals surface area contributed by atoms with Gasteiger partial charge in [-0.3, -0.25) is 0 Å². The van der Waals surface area contributed by atoms with Gasteiger partial charge in [0.25, 0.3) is 0 Å². The molecule has 0 atom stereocenters. The van der Waals surface area contributed by atoms with E-state index in [0.29, 0.717) is 22.7 Å². The SMILES string of the molecule is COc1ccccc1Nc1nc(N)n(-c2cc(Cl)ncn2)n1. The first-order valence-electron chi connectivity index (χ1n) is 6.28. The molecule has 0 radical (unpaired) electrons. The quantitative estimate of drug-likeness (QED) is 0.709. The number of halogens is 1. The standard InChI is InChI=1S/C13H12ClN7O/c1-22-9-5-3-2-4-8(9)18-13-19-12(15)21(20-13)11-6-10(14)16-7-17-11/h2-7H,1H3,(H3,15,18,19,20). The molecule has 3 rings (SSSR count). The van der Waals surface area contributed by atoms with Crippen LogP contribution in [0.4, 0.5) is 17.6 Å². The Morgan fingerprint density at radius 1 is 1.27 bits per heavy atom. The maximum Gasteiger partial charge on any atom is 0.249 e. The fourth-order valence-corrected chi connectivity index (χ4v) is 2.00. The first-order valence-corrected chi connectivity index (χ1v) is 6.65. The van der Waals surface area contributed by atoms with Gasteiger partial charge in [-0.15, -0.1) is 5.10 Å². The zero-order valence-electron chi connectivity index (χ0n) is 11.6. The molecule has 0 unspecified atom stereocenters. The van der Waals surface area contributed by atoms with Crippen molar-refractivity contribution in [2.24, 2.45) is 0 Å². The number of hydrogen-bond donors (Lipinski definition) is 2. The number of para-hydroxylation sites is 2. The summed E-state index contributed by atoms with van der Waals surface area (Å²) in [6.45, 7) is 0. The highest BCUT2D eigenvalue weighted by Gasteiger charge is 2.12. The lowest BCUT2D eigenvalue weighted by atomic mass is 10.3. The second-order valence-electron chi connectivity index (χ2n) is 4.23. The van der Waals surface area contributed by atoms with E-state index in [1.165, 1.54) is 11.0 Å². The first-order chi connectivity index (χ1) is 10.7. The predicted octanol–water partition coefficient (Wildman–Crippen LogP) is 2.05. The van der Waals surface area contributed by atoms with Crippen LogP contribution in [0, 0.1) is 0 Å². The largest absolute Gasteiger partial charge is 0.495 e. The van der Waals surface area contributed by atoms with E-state index >= 15 is 0 Å². The van der Waals surface area contributed by atoms with Crippen LogP contribution in [-0.4, -0.2) is 31.8 Å². The van der Waals surface area contributed by atoms with Gasteiger partial charge < -0.3 is 15.8 Å². The van der Waals surface area contributed by atoms with E-state index < -0.39 is 0 Å². The lowest BCUT2D eigenvalue weighted by Crippen LogP contribution is -2.05. The maximum atomic E-state index is 5.86. The molecule has 2 aromatic heterocycles. The second-order valence-corrected chi connectivity index (χ2v) is 4.62. The van der Waals surface area contributed by atoms with Gasteiger partial charge in [0.15, 0.2) is 5.82 Å². The van der Waals surface area contributed by atoms with Gasteiger partial charge in [0.1, 0.15) is 17.2 Å². The van der Waals surface area contributed by atoms with Gasteiger partial charge in [-0.2, -0.15) is 9.67 Å². The molecule has 0 spiro atoms. The van der Waals surface area contributed by atoms with E-state index in [1.54, 1.807) is 13.2 Å². The number of nitrogens with two attached hydrogens (primary N) is 1. The molecule has 0 fully saturated rings. The first kappa shape index (κ1) is 14.1. The molecule has 3 aromatic rings. The van der Waals surface area contributed by atoms with Crippen LogP contribution in [-0.2, 0) is 0 Å². The third-order valence-electron chi connectivity index (χ3n) is 2.82. The molecule has 1 aromatic carbocycles. The lowest BCUT2D eigenvalue weighted by Gasteiger charge is -2.07. The van der Waals surface area contributed by atoms with Crippen molar-refractivity contribution in [3.05, 3.63) is 41.8 Å². The highest BCUT2D eigenvalue weighted by atomic mass is 35.5. The van der Waals surface area contributed by atoms with Crippen molar-refractivity contribution >= 4 is 29.2 Å². The molecule has 0 aliphatic carbocycles. The molecule has 0 aliphatic heterocycles. The second kappa shape index (κ2) is 5.86. The minimum Gasteiger partial charge on any atom is -0.495 e. The Morgan fingerprint density at radius 2 is 2.09 bits per heavy atom. The number of benzene rings is 1. The number of nitrogens with zero attached hydrogens (tertiary/aromatic N) is 5. The van der Waals surface area contributed by atoms with Crippen LogP contribution < -0.4 is 15.8 Å². The van der Waals surface area contributed by atoms with E-state index in [0.717, 1.165) is 5.69 Å². The Bertz CT molecular complexity index is 805.